The third kappa shape index (κ3) is 8.38. The number of hydrogen-bond donors (Lipinski definition) is 2. The highest BCUT2D eigenvalue weighted by Gasteiger charge is 2.35. The van der Waals surface area contributed by atoms with Crippen LogP contribution in [0, 0.1) is 5.92 Å². The van der Waals surface area contributed by atoms with E-state index < -0.39 is 34.1 Å². The number of alkyl halides is 3. The molecule has 178 valence electrons. The minimum absolute atomic E-state index is 0.00815. The molecule has 2 aromatic rings. The summed E-state index contributed by atoms with van der Waals surface area (Å²) in [6.45, 7) is 1.11. The molecule has 5 nitrogen and oxygen atoms in total. The minimum atomic E-state index is -4.29. The van der Waals surface area contributed by atoms with Crippen LogP contribution in [-0.2, 0) is 21.2 Å². The lowest BCUT2D eigenvalue weighted by atomic mass is 10.0. The molecular formula is C21H25ClF3NO4S2. The van der Waals surface area contributed by atoms with Crippen LogP contribution < -0.4 is 4.72 Å². The van der Waals surface area contributed by atoms with E-state index in [1.807, 2.05) is 0 Å². The van der Waals surface area contributed by atoms with Crippen molar-refractivity contribution in [3.63, 3.8) is 0 Å². The van der Waals surface area contributed by atoms with Gasteiger partial charge in [0.25, 0.3) is 0 Å². The number of benzene rings is 1. The normalized spacial score (nSPS) is 14.3. The molecule has 2 rings (SSSR count). The quantitative estimate of drug-likeness (QED) is 0.355. The first-order valence-corrected chi connectivity index (χ1v) is 12.7. The van der Waals surface area contributed by atoms with Crippen molar-refractivity contribution in [3.05, 3.63) is 51.2 Å². The fraction of sp³-hybridized carbons (Fsp3) is 0.476. The van der Waals surface area contributed by atoms with Crippen molar-refractivity contribution in [2.75, 3.05) is 0 Å². The monoisotopic (exact) mass is 511 g/mol. The molecule has 0 saturated heterocycles. The number of thiophene rings is 1. The third-order valence-electron chi connectivity index (χ3n) is 4.95. The van der Waals surface area contributed by atoms with Gasteiger partial charge in [0, 0.05) is 21.2 Å². The van der Waals surface area contributed by atoms with Crippen LogP contribution in [0.5, 0.6) is 0 Å². The van der Waals surface area contributed by atoms with Crippen molar-refractivity contribution in [2.24, 2.45) is 5.92 Å². The van der Waals surface area contributed by atoms with Crippen LogP contribution in [0.25, 0.3) is 0 Å². The molecule has 32 heavy (non-hydrogen) atoms. The van der Waals surface area contributed by atoms with Gasteiger partial charge in [0.15, 0.2) is 0 Å². The summed E-state index contributed by atoms with van der Waals surface area (Å²) >= 11 is 7.15. The number of sulfonamides is 1. The van der Waals surface area contributed by atoms with Crippen LogP contribution in [0.3, 0.4) is 0 Å². The molecule has 11 heteroatoms. The van der Waals surface area contributed by atoms with Crippen LogP contribution in [0.2, 0.25) is 5.02 Å². The second-order valence-corrected chi connectivity index (χ2v) is 10.9. The SMILES string of the molecule is CC(CCCC(NS(=O)(=O)c1ccc(Cl)cc1)c1ccc(CCCC(=O)O)s1)C(F)(F)F. The molecule has 0 bridgehead atoms. The number of carboxylic acid groups (broad SMARTS) is 1. The molecule has 1 aromatic heterocycles. The van der Waals surface area contributed by atoms with Crippen molar-refractivity contribution >= 4 is 38.9 Å². The molecule has 0 aliphatic carbocycles. The first-order valence-electron chi connectivity index (χ1n) is 10.0. The van der Waals surface area contributed by atoms with Crippen LogP contribution >= 0.6 is 22.9 Å². The second kappa shape index (κ2) is 11.5. The Kier molecular flexibility index (Phi) is 9.56. The number of carbonyl (C=O) groups is 1. The van der Waals surface area contributed by atoms with Gasteiger partial charge in [-0.05, 0) is 62.1 Å². The summed E-state index contributed by atoms with van der Waals surface area (Å²) in [4.78, 5) is 12.3. The van der Waals surface area contributed by atoms with Crippen LogP contribution in [0.1, 0.15) is 54.8 Å². The maximum absolute atomic E-state index is 12.8. The Morgan fingerprint density at radius 3 is 2.38 bits per heavy atom. The van der Waals surface area contributed by atoms with Crippen molar-refractivity contribution in [1.29, 1.82) is 0 Å². The summed E-state index contributed by atoms with van der Waals surface area (Å²) in [5.41, 5.74) is 0. The van der Waals surface area contributed by atoms with E-state index in [-0.39, 0.29) is 30.6 Å². The van der Waals surface area contributed by atoms with E-state index in [0.29, 0.717) is 22.7 Å². The van der Waals surface area contributed by atoms with Gasteiger partial charge in [-0.2, -0.15) is 13.2 Å². The largest absolute Gasteiger partial charge is 0.481 e. The lowest BCUT2D eigenvalue weighted by Crippen LogP contribution is -2.28. The average molecular weight is 512 g/mol. The summed E-state index contributed by atoms with van der Waals surface area (Å²) in [7, 11) is -3.92. The van der Waals surface area contributed by atoms with Crippen LogP contribution in [0.4, 0.5) is 13.2 Å². The molecule has 0 saturated carbocycles. The second-order valence-electron chi connectivity index (χ2n) is 7.55. The Bertz CT molecular complexity index is 991. The number of aryl methyl sites for hydroxylation is 1. The molecule has 0 amide bonds. The van der Waals surface area contributed by atoms with E-state index >= 15 is 0 Å². The predicted molar refractivity (Wildman–Crippen MR) is 118 cm³/mol. The van der Waals surface area contributed by atoms with E-state index in [0.717, 1.165) is 11.8 Å². The number of halogens is 4. The minimum Gasteiger partial charge on any atom is -0.481 e. The lowest BCUT2D eigenvalue weighted by molar-refractivity contribution is -0.171. The Morgan fingerprint density at radius 1 is 1.12 bits per heavy atom. The fourth-order valence-electron chi connectivity index (χ4n) is 3.05. The molecule has 2 unspecified atom stereocenters. The molecule has 2 atom stereocenters. The van der Waals surface area contributed by atoms with Gasteiger partial charge in [-0.15, -0.1) is 11.3 Å². The van der Waals surface area contributed by atoms with Crippen molar-refractivity contribution < 1.29 is 31.5 Å². The molecule has 0 aliphatic heterocycles. The molecule has 1 heterocycles. The van der Waals surface area contributed by atoms with Gasteiger partial charge in [0.1, 0.15) is 0 Å². The summed E-state index contributed by atoms with van der Waals surface area (Å²) in [6.07, 6.45) is -3.03. The highest BCUT2D eigenvalue weighted by atomic mass is 35.5. The molecule has 1 aromatic carbocycles. The van der Waals surface area contributed by atoms with Gasteiger partial charge in [-0.25, -0.2) is 13.1 Å². The van der Waals surface area contributed by atoms with Gasteiger partial charge in [0.2, 0.25) is 10.0 Å². The number of rotatable bonds is 12. The highest BCUT2D eigenvalue weighted by molar-refractivity contribution is 7.89. The zero-order chi connectivity index (χ0) is 23.9. The van der Waals surface area contributed by atoms with E-state index in [1.165, 1.54) is 35.6 Å². The lowest BCUT2D eigenvalue weighted by Gasteiger charge is -2.20. The molecule has 0 aliphatic rings. The van der Waals surface area contributed by atoms with E-state index in [1.54, 1.807) is 12.1 Å². The topological polar surface area (TPSA) is 83.5 Å². The van der Waals surface area contributed by atoms with Gasteiger partial charge >= 0.3 is 12.1 Å². The van der Waals surface area contributed by atoms with Crippen LogP contribution in [-0.4, -0.2) is 25.7 Å². The fourth-order valence-corrected chi connectivity index (χ4v) is 5.64. The van der Waals surface area contributed by atoms with Crippen LogP contribution in [0.15, 0.2) is 41.3 Å². The molecule has 0 fully saturated rings. The summed E-state index contributed by atoms with van der Waals surface area (Å²) in [6, 6.07) is 8.45. The Morgan fingerprint density at radius 2 is 1.78 bits per heavy atom. The zero-order valence-corrected chi connectivity index (χ0v) is 19.8. The predicted octanol–water partition coefficient (Wildman–Crippen LogP) is 6.20. The Balaban J connectivity index is 2.16. The van der Waals surface area contributed by atoms with Gasteiger partial charge in [-0.3, -0.25) is 4.79 Å². The maximum atomic E-state index is 12.8. The van der Waals surface area contributed by atoms with Gasteiger partial charge in [-0.1, -0.05) is 24.9 Å². The summed E-state index contributed by atoms with van der Waals surface area (Å²) in [5, 5.41) is 9.16. The van der Waals surface area contributed by atoms with E-state index in [9.17, 15) is 26.4 Å². The van der Waals surface area contributed by atoms with Crippen molar-refractivity contribution in [3.8, 4) is 0 Å². The number of aliphatic carboxylic acids is 1. The Labute approximate surface area is 194 Å². The first kappa shape index (κ1) is 26.6. The first-order chi connectivity index (χ1) is 14.9. The van der Waals surface area contributed by atoms with Crippen molar-refractivity contribution in [1.82, 2.24) is 4.72 Å². The highest BCUT2D eigenvalue weighted by Crippen LogP contribution is 2.33. The standard InChI is InChI=1S/C21H25ClF3NO4S2/c1-14(21(23,24)25)4-2-6-18(19-13-10-16(31-19)5-3-7-20(27)28)26-32(29,30)17-11-8-15(22)9-12-17/h8-14,18,26H,2-7H2,1H3,(H,27,28). The smallest absolute Gasteiger partial charge is 0.391 e. The van der Waals surface area contributed by atoms with E-state index in [2.05, 4.69) is 4.72 Å². The van der Waals surface area contributed by atoms with Crippen molar-refractivity contribution in [2.45, 2.75) is 62.6 Å². The van der Waals surface area contributed by atoms with E-state index in [4.69, 9.17) is 16.7 Å². The molecule has 0 spiro atoms. The zero-order valence-electron chi connectivity index (χ0n) is 17.4. The number of nitrogens with one attached hydrogen (secondary N) is 1. The maximum Gasteiger partial charge on any atom is 0.391 e. The number of carboxylic acids is 1. The van der Waals surface area contributed by atoms with Gasteiger partial charge < -0.3 is 5.11 Å². The summed E-state index contributed by atoms with van der Waals surface area (Å²) < 4.78 is 66.8. The summed E-state index contributed by atoms with van der Waals surface area (Å²) in [5.74, 6) is -2.37. The molecular weight excluding hydrogens is 487 g/mol. The molecule has 0 radical (unpaired) electrons. The number of hydrogen-bond acceptors (Lipinski definition) is 4. The third-order valence-corrected chi connectivity index (χ3v) is 7.95. The molecule has 2 N–H and O–H groups in total. The Hall–Kier alpha value is -1.62. The van der Waals surface area contributed by atoms with Gasteiger partial charge in [0.05, 0.1) is 16.9 Å². The average Bonchev–Trinajstić information content (AvgIpc) is 3.15.